The Morgan fingerprint density at radius 3 is 1.90 bits per heavy atom. The molecule has 2 atom stereocenters. The second kappa shape index (κ2) is 11.4. The molecule has 160 valence electrons. The van der Waals surface area contributed by atoms with Crippen LogP contribution >= 0.6 is 0 Å². The van der Waals surface area contributed by atoms with Gasteiger partial charge in [0.05, 0.1) is 12.1 Å². The Morgan fingerprint density at radius 2 is 1.37 bits per heavy atom. The van der Waals surface area contributed by atoms with Crippen molar-refractivity contribution in [1.82, 2.24) is 10.6 Å². The quantitative estimate of drug-likeness (QED) is 0.589. The zero-order valence-electron chi connectivity index (χ0n) is 18.3. The third-order valence-corrected chi connectivity index (χ3v) is 5.06. The van der Waals surface area contributed by atoms with Crippen LogP contribution in [0.4, 0.5) is 0 Å². The normalized spacial score (nSPS) is 13.0. The molecule has 1 amide bonds. The Morgan fingerprint density at radius 1 is 0.800 bits per heavy atom. The van der Waals surface area contributed by atoms with Crippen LogP contribution < -0.4 is 10.6 Å². The monoisotopic (exact) mass is 408 g/mol. The standard InChI is InChI=1S/C25H32N2O3/c1-17(2)16-24(19(4)29)27-23(18(3)28)14-15-26-25(30)22-12-10-21(11-13-22)20-8-6-5-7-9-20/h5-13,17,23-24,27H,14-16H2,1-4H3,(H,26,30)/t23-,24-/m0/s1. The highest BCUT2D eigenvalue weighted by molar-refractivity contribution is 5.94. The molecule has 0 aliphatic heterocycles. The molecule has 0 saturated carbocycles. The maximum Gasteiger partial charge on any atom is 0.251 e. The lowest BCUT2D eigenvalue weighted by Crippen LogP contribution is -2.47. The van der Waals surface area contributed by atoms with Crippen molar-refractivity contribution in [1.29, 1.82) is 0 Å². The van der Waals surface area contributed by atoms with Crippen LogP contribution in [0.1, 0.15) is 50.9 Å². The van der Waals surface area contributed by atoms with Gasteiger partial charge in [-0.3, -0.25) is 19.7 Å². The summed E-state index contributed by atoms with van der Waals surface area (Å²) in [7, 11) is 0. The zero-order chi connectivity index (χ0) is 22.1. The van der Waals surface area contributed by atoms with Gasteiger partial charge in [-0.25, -0.2) is 0 Å². The minimum Gasteiger partial charge on any atom is -0.352 e. The van der Waals surface area contributed by atoms with Crippen LogP contribution in [0.15, 0.2) is 54.6 Å². The summed E-state index contributed by atoms with van der Waals surface area (Å²) >= 11 is 0. The van der Waals surface area contributed by atoms with E-state index in [1.54, 1.807) is 12.1 Å². The van der Waals surface area contributed by atoms with E-state index < -0.39 is 6.04 Å². The molecule has 30 heavy (non-hydrogen) atoms. The van der Waals surface area contributed by atoms with Crippen LogP contribution in [0.5, 0.6) is 0 Å². The van der Waals surface area contributed by atoms with Crippen molar-refractivity contribution in [2.24, 2.45) is 5.92 Å². The van der Waals surface area contributed by atoms with Gasteiger partial charge in [-0.2, -0.15) is 0 Å². The lowest BCUT2D eigenvalue weighted by Gasteiger charge is -2.24. The van der Waals surface area contributed by atoms with Crippen LogP contribution in [0.3, 0.4) is 0 Å². The van der Waals surface area contributed by atoms with E-state index in [2.05, 4.69) is 10.6 Å². The highest BCUT2D eigenvalue weighted by Gasteiger charge is 2.23. The van der Waals surface area contributed by atoms with Crippen molar-refractivity contribution < 1.29 is 14.4 Å². The van der Waals surface area contributed by atoms with Gasteiger partial charge in [0.25, 0.3) is 5.91 Å². The fraction of sp³-hybridized carbons (Fsp3) is 0.400. The molecule has 2 aromatic rings. The summed E-state index contributed by atoms with van der Waals surface area (Å²) in [6.07, 6.45) is 1.12. The van der Waals surface area contributed by atoms with Crippen molar-refractivity contribution in [3.05, 3.63) is 60.2 Å². The van der Waals surface area contributed by atoms with Crippen molar-refractivity contribution >= 4 is 17.5 Å². The molecule has 0 aromatic heterocycles. The summed E-state index contributed by atoms with van der Waals surface area (Å²) in [5.74, 6) is 0.156. The first-order valence-corrected chi connectivity index (χ1v) is 10.5. The van der Waals surface area contributed by atoms with Crippen molar-refractivity contribution in [3.63, 3.8) is 0 Å². The molecular formula is C25H32N2O3. The third-order valence-electron chi connectivity index (χ3n) is 5.06. The average Bonchev–Trinajstić information content (AvgIpc) is 2.72. The van der Waals surface area contributed by atoms with Crippen LogP contribution in [0.2, 0.25) is 0 Å². The van der Waals surface area contributed by atoms with Gasteiger partial charge in [-0.15, -0.1) is 0 Å². The molecule has 2 rings (SSSR count). The molecule has 0 aliphatic carbocycles. The van der Waals surface area contributed by atoms with E-state index in [0.29, 0.717) is 30.9 Å². The Labute approximate surface area is 179 Å². The summed E-state index contributed by atoms with van der Waals surface area (Å²) in [5.41, 5.74) is 2.72. The van der Waals surface area contributed by atoms with Gasteiger partial charge in [-0.1, -0.05) is 56.3 Å². The number of nitrogens with one attached hydrogen (secondary N) is 2. The molecule has 0 fully saturated rings. The second-order valence-electron chi connectivity index (χ2n) is 8.11. The number of carbonyl (C=O) groups is 3. The number of Topliss-reactive ketones (excluding diaryl/α,β-unsaturated/α-hetero) is 2. The van der Waals surface area contributed by atoms with Gasteiger partial charge in [0, 0.05) is 12.1 Å². The highest BCUT2D eigenvalue weighted by Crippen LogP contribution is 2.19. The minimum absolute atomic E-state index is 0.0255. The molecular weight excluding hydrogens is 376 g/mol. The zero-order valence-corrected chi connectivity index (χ0v) is 18.3. The highest BCUT2D eigenvalue weighted by atomic mass is 16.2. The molecule has 5 heteroatoms. The maximum absolute atomic E-state index is 12.4. The fourth-order valence-corrected chi connectivity index (χ4v) is 3.35. The van der Waals surface area contributed by atoms with Crippen LogP contribution in [-0.2, 0) is 9.59 Å². The number of hydrogen-bond donors (Lipinski definition) is 2. The van der Waals surface area contributed by atoms with E-state index in [1.807, 2.05) is 56.3 Å². The van der Waals surface area contributed by atoms with E-state index in [0.717, 1.165) is 11.1 Å². The van der Waals surface area contributed by atoms with Gasteiger partial charge in [0.1, 0.15) is 11.6 Å². The molecule has 0 radical (unpaired) electrons. The number of amides is 1. The summed E-state index contributed by atoms with van der Waals surface area (Å²) < 4.78 is 0. The first kappa shape index (κ1) is 23.5. The Bertz CT molecular complexity index is 844. The number of ketones is 2. The van der Waals surface area contributed by atoms with Crippen molar-refractivity contribution in [2.45, 2.75) is 52.6 Å². The predicted octanol–water partition coefficient (Wildman–Crippen LogP) is 4.02. The van der Waals surface area contributed by atoms with Gasteiger partial charge < -0.3 is 5.32 Å². The molecule has 0 aliphatic rings. The lowest BCUT2D eigenvalue weighted by atomic mass is 9.98. The predicted molar refractivity (Wildman–Crippen MR) is 120 cm³/mol. The second-order valence-corrected chi connectivity index (χ2v) is 8.11. The smallest absolute Gasteiger partial charge is 0.251 e. The van der Waals surface area contributed by atoms with Gasteiger partial charge in [0.2, 0.25) is 0 Å². The summed E-state index contributed by atoms with van der Waals surface area (Å²) in [6, 6.07) is 16.6. The van der Waals surface area contributed by atoms with Crippen LogP contribution in [-0.4, -0.2) is 36.1 Å². The number of benzene rings is 2. The van der Waals surface area contributed by atoms with Gasteiger partial charge in [-0.05, 0) is 55.9 Å². The molecule has 0 unspecified atom stereocenters. The van der Waals surface area contributed by atoms with Gasteiger partial charge in [0.15, 0.2) is 0 Å². The molecule has 5 nitrogen and oxygen atoms in total. The van der Waals surface area contributed by atoms with E-state index in [9.17, 15) is 14.4 Å². The Hall–Kier alpha value is -2.79. The lowest BCUT2D eigenvalue weighted by molar-refractivity contribution is -0.121. The number of carbonyl (C=O) groups excluding carboxylic acids is 3. The number of rotatable bonds is 11. The SMILES string of the molecule is CC(=O)[C@H](CCNC(=O)c1ccc(-c2ccccc2)cc1)N[C@@H](CC(C)C)C(C)=O. The number of hydrogen-bond acceptors (Lipinski definition) is 4. The molecule has 0 bridgehead atoms. The molecule has 0 saturated heterocycles. The first-order chi connectivity index (χ1) is 14.3. The van der Waals surface area contributed by atoms with Crippen LogP contribution in [0, 0.1) is 5.92 Å². The Kier molecular flexibility index (Phi) is 8.93. The first-order valence-electron chi connectivity index (χ1n) is 10.5. The van der Waals surface area contributed by atoms with E-state index in [-0.39, 0.29) is 23.5 Å². The average molecular weight is 409 g/mol. The summed E-state index contributed by atoms with van der Waals surface area (Å²) in [5, 5.41) is 6.04. The molecule has 2 aromatic carbocycles. The van der Waals surface area contributed by atoms with Crippen LogP contribution in [0.25, 0.3) is 11.1 Å². The largest absolute Gasteiger partial charge is 0.352 e. The fourth-order valence-electron chi connectivity index (χ4n) is 3.35. The molecule has 0 spiro atoms. The molecule has 0 heterocycles. The Balaban J connectivity index is 1.91. The van der Waals surface area contributed by atoms with Gasteiger partial charge >= 0.3 is 0 Å². The van der Waals surface area contributed by atoms with E-state index in [4.69, 9.17) is 0 Å². The van der Waals surface area contributed by atoms with E-state index in [1.165, 1.54) is 13.8 Å². The maximum atomic E-state index is 12.4. The summed E-state index contributed by atoms with van der Waals surface area (Å²) in [6.45, 7) is 7.49. The minimum atomic E-state index is -0.460. The van der Waals surface area contributed by atoms with E-state index >= 15 is 0 Å². The van der Waals surface area contributed by atoms with Crippen molar-refractivity contribution in [2.75, 3.05) is 6.54 Å². The third kappa shape index (κ3) is 7.23. The van der Waals surface area contributed by atoms with Crippen molar-refractivity contribution in [3.8, 4) is 11.1 Å². The topological polar surface area (TPSA) is 75.3 Å². The molecule has 2 N–H and O–H groups in total. The summed E-state index contributed by atoms with van der Waals surface area (Å²) in [4.78, 5) is 36.4.